The van der Waals surface area contributed by atoms with Gasteiger partial charge in [0.1, 0.15) is 0 Å². The van der Waals surface area contributed by atoms with E-state index in [0.29, 0.717) is 49.9 Å². The van der Waals surface area contributed by atoms with Crippen molar-refractivity contribution < 1.29 is 14.4 Å². The lowest BCUT2D eigenvalue weighted by atomic mass is 9.94. The summed E-state index contributed by atoms with van der Waals surface area (Å²) in [5.74, 6) is 0.254. The van der Waals surface area contributed by atoms with Gasteiger partial charge in [-0.3, -0.25) is 14.4 Å². The monoisotopic (exact) mass is 405 g/mol. The van der Waals surface area contributed by atoms with Gasteiger partial charge in [0, 0.05) is 61.7 Å². The number of hydrogen-bond acceptors (Lipinski definition) is 3. The van der Waals surface area contributed by atoms with Crippen LogP contribution >= 0.6 is 11.6 Å². The van der Waals surface area contributed by atoms with Crippen LogP contribution in [0.1, 0.15) is 37.0 Å². The molecule has 3 rings (SSSR count). The lowest BCUT2D eigenvalue weighted by Crippen LogP contribution is -2.53. The quantitative estimate of drug-likeness (QED) is 0.776. The van der Waals surface area contributed by atoms with Gasteiger partial charge in [0.15, 0.2) is 0 Å². The summed E-state index contributed by atoms with van der Waals surface area (Å²) in [6.45, 7) is 7.28. The molecule has 0 radical (unpaired) electrons. The summed E-state index contributed by atoms with van der Waals surface area (Å²) in [4.78, 5) is 43.1. The number of nitrogens with zero attached hydrogens (tertiary/aromatic N) is 3. The molecule has 2 heterocycles. The van der Waals surface area contributed by atoms with Crippen molar-refractivity contribution in [3.05, 3.63) is 34.9 Å². The fourth-order valence-electron chi connectivity index (χ4n) is 3.90. The van der Waals surface area contributed by atoms with Gasteiger partial charge >= 0.3 is 0 Å². The summed E-state index contributed by atoms with van der Waals surface area (Å²) < 4.78 is 0. The zero-order valence-corrected chi connectivity index (χ0v) is 17.3. The second-order valence-corrected chi connectivity index (χ2v) is 8.32. The van der Waals surface area contributed by atoms with E-state index < -0.39 is 0 Å². The molecule has 2 fully saturated rings. The summed E-state index contributed by atoms with van der Waals surface area (Å²) in [5, 5.41) is 0.543. The van der Waals surface area contributed by atoms with Crippen molar-refractivity contribution in [1.29, 1.82) is 0 Å². The molecule has 28 heavy (non-hydrogen) atoms. The van der Waals surface area contributed by atoms with Crippen molar-refractivity contribution in [3.8, 4) is 0 Å². The van der Waals surface area contributed by atoms with Crippen LogP contribution in [-0.4, -0.2) is 71.7 Å². The smallest absolute Gasteiger partial charge is 0.254 e. The Kier molecular flexibility index (Phi) is 6.60. The predicted octanol–water partition coefficient (Wildman–Crippen LogP) is 2.52. The standard InChI is InChI=1S/C21H28ClN3O3/c1-15(2)19(26)23-8-6-16(7-9-23)20(27)24-10-12-25(13-11-24)21(28)17-4-3-5-18(22)14-17/h3-5,14-16H,6-13H2,1-2H3. The summed E-state index contributed by atoms with van der Waals surface area (Å²) in [6.07, 6.45) is 1.44. The highest BCUT2D eigenvalue weighted by Crippen LogP contribution is 2.22. The van der Waals surface area contributed by atoms with E-state index in [2.05, 4.69) is 0 Å². The highest BCUT2D eigenvalue weighted by atomic mass is 35.5. The molecule has 0 spiro atoms. The highest BCUT2D eigenvalue weighted by molar-refractivity contribution is 6.30. The maximum Gasteiger partial charge on any atom is 0.254 e. The summed E-state index contributed by atoms with van der Waals surface area (Å²) in [6, 6.07) is 6.95. The average molecular weight is 406 g/mol. The van der Waals surface area contributed by atoms with Crippen LogP contribution in [-0.2, 0) is 9.59 Å². The van der Waals surface area contributed by atoms with Crippen LogP contribution in [0, 0.1) is 11.8 Å². The Hall–Kier alpha value is -2.08. The number of piperazine rings is 1. The third-order valence-electron chi connectivity index (χ3n) is 5.60. The Balaban J connectivity index is 1.49. The molecule has 2 aliphatic heterocycles. The minimum Gasteiger partial charge on any atom is -0.342 e. The van der Waals surface area contributed by atoms with E-state index in [9.17, 15) is 14.4 Å². The fourth-order valence-corrected chi connectivity index (χ4v) is 4.09. The van der Waals surface area contributed by atoms with Gasteiger partial charge in [0.2, 0.25) is 11.8 Å². The van der Waals surface area contributed by atoms with E-state index in [-0.39, 0.29) is 29.6 Å². The first kappa shape index (κ1) is 20.6. The Morgan fingerprint density at radius 2 is 1.54 bits per heavy atom. The molecule has 7 heteroatoms. The molecule has 6 nitrogen and oxygen atoms in total. The third-order valence-corrected chi connectivity index (χ3v) is 5.83. The lowest BCUT2D eigenvalue weighted by Gasteiger charge is -2.39. The number of benzene rings is 1. The summed E-state index contributed by atoms with van der Waals surface area (Å²) in [7, 11) is 0. The Bertz CT molecular complexity index is 736. The number of carbonyl (C=O) groups is 3. The van der Waals surface area contributed by atoms with Crippen molar-refractivity contribution >= 4 is 29.3 Å². The number of piperidine rings is 1. The van der Waals surface area contributed by atoms with E-state index in [4.69, 9.17) is 11.6 Å². The summed E-state index contributed by atoms with van der Waals surface area (Å²) in [5.41, 5.74) is 0.578. The molecule has 3 amide bonds. The van der Waals surface area contributed by atoms with Gasteiger partial charge < -0.3 is 14.7 Å². The average Bonchev–Trinajstić information content (AvgIpc) is 2.72. The van der Waals surface area contributed by atoms with Gasteiger partial charge in [-0.2, -0.15) is 0 Å². The Morgan fingerprint density at radius 1 is 0.929 bits per heavy atom. The summed E-state index contributed by atoms with van der Waals surface area (Å²) >= 11 is 5.98. The molecule has 2 aliphatic rings. The number of rotatable bonds is 3. The Morgan fingerprint density at radius 3 is 2.11 bits per heavy atom. The first-order chi connectivity index (χ1) is 13.4. The van der Waals surface area contributed by atoms with Crippen LogP contribution in [0.5, 0.6) is 0 Å². The molecule has 0 unspecified atom stereocenters. The van der Waals surface area contributed by atoms with Gasteiger partial charge in [-0.15, -0.1) is 0 Å². The van der Waals surface area contributed by atoms with Crippen LogP contribution in [0.15, 0.2) is 24.3 Å². The molecule has 152 valence electrons. The minimum absolute atomic E-state index is 0.00244. The van der Waals surface area contributed by atoms with Crippen molar-refractivity contribution in [3.63, 3.8) is 0 Å². The first-order valence-electron chi connectivity index (χ1n) is 9.99. The van der Waals surface area contributed by atoms with Crippen molar-refractivity contribution in [2.24, 2.45) is 11.8 Å². The molecule has 2 saturated heterocycles. The molecule has 0 bridgehead atoms. The molecule has 1 aromatic carbocycles. The number of carbonyl (C=O) groups excluding carboxylic acids is 3. The minimum atomic E-state index is -0.0462. The van der Waals surface area contributed by atoms with Crippen LogP contribution in [0.4, 0.5) is 0 Å². The van der Waals surface area contributed by atoms with E-state index >= 15 is 0 Å². The number of amides is 3. The first-order valence-corrected chi connectivity index (χ1v) is 10.4. The maximum atomic E-state index is 12.9. The van der Waals surface area contributed by atoms with E-state index in [1.807, 2.05) is 23.6 Å². The number of halogens is 1. The SMILES string of the molecule is CC(C)C(=O)N1CCC(C(=O)N2CCN(C(=O)c3cccc(Cl)c3)CC2)CC1. The van der Waals surface area contributed by atoms with Gasteiger partial charge in [-0.05, 0) is 31.0 Å². The third kappa shape index (κ3) is 4.66. The zero-order valence-electron chi connectivity index (χ0n) is 16.6. The van der Waals surface area contributed by atoms with Crippen molar-refractivity contribution in [2.75, 3.05) is 39.3 Å². The van der Waals surface area contributed by atoms with Crippen molar-refractivity contribution in [2.45, 2.75) is 26.7 Å². The second kappa shape index (κ2) is 8.95. The van der Waals surface area contributed by atoms with E-state index in [0.717, 1.165) is 12.8 Å². The predicted molar refractivity (Wildman–Crippen MR) is 108 cm³/mol. The van der Waals surface area contributed by atoms with Crippen LogP contribution in [0.3, 0.4) is 0 Å². The molecule has 0 atom stereocenters. The van der Waals surface area contributed by atoms with Gasteiger partial charge in [-0.1, -0.05) is 31.5 Å². The van der Waals surface area contributed by atoms with Gasteiger partial charge in [-0.25, -0.2) is 0 Å². The molecule has 0 N–H and O–H groups in total. The van der Waals surface area contributed by atoms with E-state index in [1.54, 1.807) is 29.2 Å². The normalized spacial score (nSPS) is 18.5. The topological polar surface area (TPSA) is 60.9 Å². The molecule has 1 aromatic rings. The molecular weight excluding hydrogens is 378 g/mol. The fraction of sp³-hybridized carbons (Fsp3) is 0.571. The lowest BCUT2D eigenvalue weighted by molar-refractivity contribution is -0.143. The highest BCUT2D eigenvalue weighted by Gasteiger charge is 2.32. The zero-order chi connectivity index (χ0) is 20.3. The van der Waals surface area contributed by atoms with Crippen molar-refractivity contribution in [1.82, 2.24) is 14.7 Å². The largest absolute Gasteiger partial charge is 0.342 e. The number of hydrogen-bond donors (Lipinski definition) is 0. The molecule has 0 saturated carbocycles. The van der Waals surface area contributed by atoms with Gasteiger partial charge in [0.25, 0.3) is 5.91 Å². The second-order valence-electron chi connectivity index (χ2n) is 7.88. The maximum absolute atomic E-state index is 12.9. The molecular formula is C21H28ClN3O3. The van der Waals surface area contributed by atoms with Crippen LogP contribution in [0.25, 0.3) is 0 Å². The van der Waals surface area contributed by atoms with Gasteiger partial charge in [0.05, 0.1) is 0 Å². The van der Waals surface area contributed by atoms with Crippen LogP contribution in [0.2, 0.25) is 5.02 Å². The molecule has 0 aliphatic carbocycles. The number of likely N-dealkylation sites (tertiary alicyclic amines) is 1. The molecule has 0 aromatic heterocycles. The Labute approximate surface area is 171 Å². The van der Waals surface area contributed by atoms with Crippen LogP contribution < -0.4 is 0 Å². The van der Waals surface area contributed by atoms with E-state index in [1.165, 1.54) is 0 Å².